The third-order valence-electron chi connectivity index (χ3n) is 3.98. The first-order chi connectivity index (χ1) is 11.7. The van der Waals surface area contributed by atoms with E-state index in [0.717, 1.165) is 0 Å². The van der Waals surface area contributed by atoms with E-state index in [9.17, 15) is 13.2 Å². The first kappa shape index (κ1) is 19.7. The molecule has 25 heavy (non-hydrogen) atoms. The Bertz CT molecular complexity index is 685. The van der Waals surface area contributed by atoms with Gasteiger partial charge in [-0.1, -0.05) is 0 Å². The Kier molecular flexibility index (Phi) is 6.42. The van der Waals surface area contributed by atoms with Crippen LogP contribution in [-0.4, -0.2) is 63.8 Å². The van der Waals surface area contributed by atoms with E-state index in [4.69, 9.17) is 9.47 Å². The van der Waals surface area contributed by atoms with E-state index in [-0.39, 0.29) is 29.7 Å². The summed E-state index contributed by atoms with van der Waals surface area (Å²) in [6.07, 6.45) is 0.0646. The van der Waals surface area contributed by atoms with Crippen LogP contribution in [0.25, 0.3) is 0 Å². The van der Waals surface area contributed by atoms with Gasteiger partial charge in [-0.25, -0.2) is 12.7 Å². The molecule has 1 aromatic rings. The molecule has 1 saturated heterocycles. The molecular formula is C17H26N2O5S. The molecule has 2 rings (SSSR count). The number of amides is 1. The van der Waals surface area contributed by atoms with Crippen LogP contribution in [-0.2, 0) is 14.8 Å². The molecule has 1 amide bonds. The maximum Gasteiger partial charge on any atom is 0.251 e. The lowest BCUT2D eigenvalue weighted by Crippen LogP contribution is -2.43. The van der Waals surface area contributed by atoms with E-state index >= 15 is 0 Å². The van der Waals surface area contributed by atoms with Crippen molar-refractivity contribution in [3.8, 4) is 5.75 Å². The standard InChI is InChI=1S/C17H26N2O5S/c1-12(2)24-15-7-5-13(6-8-15)17(20)18-16-10-23-9-14(16)11-25(21,22)19(3)4/h5-8,12,14,16H,9-11H2,1-4H3,(H,18,20)/t14-,16-/m0/s1. The molecule has 7 nitrogen and oxygen atoms in total. The Balaban J connectivity index is 1.99. The summed E-state index contributed by atoms with van der Waals surface area (Å²) in [5.41, 5.74) is 0.497. The minimum Gasteiger partial charge on any atom is -0.491 e. The summed E-state index contributed by atoms with van der Waals surface area (Å²) < 4.78 is 36.2. The SMILES string of the molecule is CC(C)Oc1ccc(C(=O)N[C@H]2COC[C@H]2CS(=O)(=O)N(C)C)cc1. The van der Waals surface area contributed by atoms with Gasteiger partial charge in [0.1, 0.15) is 5.75 Å². The summed E-state index contributed by atoms with van der Waals surface area (Å²) in [6, 6.07) is 6.54. The van der Waals surface area contributed by atoms with Gasteiger partial charge in [-0.2, -0.15) is 0 Å². The van der Waals surface area contributed by atoms with Crippen molar-refractivity contribution in [3.05, 3.63) is 29.8 Å². The third kappa shape index (κ3) is 5.42. The van der Waals surface area contributed by atoms with Crippen LogP contribution >= 0.6 is 0 Å². The molecule has 0 bridgehead atoms. The van der Waals surface area contributed by atoms with Gasteiger partial charge in [-0.05, 0) is 38.1 Å². The van der Waals surface area contributed by atoms with Gasteiger partial charge in [0.05, 0.1) is 31.1 Å². The highest BCUT2D eigenvalue weighted by Crippen LogP contribution is 2.19. The molecule has 2 atom stereocenters. The van der Waals surface area contributed by atoms with E-state index in [1.807, 2.05) is 13.8 Å². The maximum atomic E-state index is 12.4. The van der Waals surface area contributed by atoms with Crippen molar-refractivity contribution < 1.29 is 22.7 Å². The van der Waals surface area contributed by atoms with E-state index in [2.05, 4.69) is 5.32 Å². The highest BCUT2D eigenvalue weighted by molar-refractivity contribution is 7.89. The zero-order valence-corrected chi connectivity index (χ0v) is 15.9. The Morgan fingerprint density at radius 1 is 1.28 bits per heavy atom. The van der Waals surface area contributed by atoms with Crippen molar-refractivity contribution in [2.24, 2.45) is 5.92 Å². The zero-order valence-electron chi connectivity index (χ0n) is 15.1. The predicted octanol–water partition coefficient (Wildman–Crippen LogP) is 1.11. The van der Waals surface area contributed by atoms with Crippen LogP contribution in [0.4, 0.5) is 0 Å². The second-order valence-electron chi connectivity index (χ2n) is 6.63. The van der Waals surface area contributed by atoms with Crippen LogP contribution in [0, 0.1) is 5.92 Å². The van der Waals surface area contributed by atoms with Crippen molar-refractivity contribution in [1.29, 1.82) is 0 Å². The second-order valence-corrected chi connectivity index (χ2v) is 8.86. The summed E-state index contributed by atoms with van der Waals surface area (Å²) in [6.45, 7) is 4.50. The molecule has 1 aliphatic heterocycles. The molecule has 0 aliphatic carbocycles. The molecule has 1 aliphatic rings. The van der Waals surface area contributed by atoms with Gasteiger partial charge in [0.2, 0.25) is 10.0 Å². The molecule has 1 N–H and O–H groups in total. The molecular weight excluding hydrogens is 344 g/mol. The summed E-state index contributed by atoms with van der Waals surface area (Å²) in [5, 5.41) is 2.88. The monoisotopic (exact) mass is 370 g/mol. The lowest BCUT2D eigenvalue weighted by molar-refractivity contribution is 0.0926. The van der Waals surface area contributed by atoms with Gasteiger partial charge in [0.15, 0.2) is 0 Å². The van der Waals surface area contributed by atoms with Gasteiger partial charge < -0.3 is 14.8 Å². The molecule has 1 heterocycles. The van der Waals surface area contributed by atoms with Crippen molar-refractivity contribution in [2.75, 3.05) is 33.1 Å². The molecule has 1 fully saturated rings. The fourth-order valence-electron chi connectivity index (χ4n) is 2.55. The highest BCUT2D eigenvalue weighted by atomic mass is 32.2. The number of ether oxygens (including phenoxy) is 2. The molecule has 0 aromatic heterocycles. The summed E-state index contributed by atoms with van der Waals surface area (Å²) in [7, 11) is -0.348. The number of rotatable bonds is 7. The van der Waals surface area contributed by atoms with E-state index in [1.165, 1.54) is 18.4 Å². The van der Waals surface area contributed by atoms with Crippen molar-refractivity contribution in [1.82, 2.24) is 9.62 Å². The number of hydrogen-bond acceptors (Lipinski definition) is 5. The van der Waals surface area contributed by atoms with Crippen molar-refractivity contribution in [3.63, 3.8) is 0 Å². The normalized spacial score (nSPS) is 20.9. The fourth-order valence-corrected chi connectivity index (χ4v) is 3.72. The molecule has 0 saturated carbocycles. The van der Waals surface area contributed by atoms with Crippen LogP contribution in [0.3, 0.4) is 0 Å². The van der Waals surface area contributed by atoms with Crippen LogP contribution in [0.1, 0.15) is 24.2 Å². The van der Waals surface area contributed by atoms with Crippen molar-refractivity contribution in [2.45, 2.75) is 26.0 Å². The van der Waals surface area contributed by atoms with E-state index < -0.39 is 10.0 Å². The van der Waals surface area contributed by atoms with E-state index in [1.54, 1.807) is 24.3 Å². The topological polar surface area (TPSA) is 84.9 Å². The van der Waals surface area contributed by atoms with Gasteiger partial charge in [0, 0.05) is 25.6 Å². The number of sulfonamides is 1. The lowest BCUT2D eigenvalue weighted by Gasteiger charge is -2.21. The molecule has 1 aromatic carbocycles. The highest BCUT2D eigenvalue weighted by Gasteiger charge is 2.34. The summed E-state index contributed by atoms with van der Waals surface area (Å²) in [4.78, 5) is 12.4. The first-order valence-electron chi connectivity index (χ1n) is 8.24. The molecule has 140 valence electrons. The Morgan fingerprint density at radius 3 is 2.48 bits per heavy atom. The average molecular weight is 370 g/mol. The summed E-state index contributed by atoms with van der Waals surface area (Å²) >= 11 is 0. The predicted molar refractivity (Wildman–Crippen MR) is 95.2 cm³/mol. The minimum atomic E-state index is -3.35. The van der Waals surface area contributed by atoms with E-state index in [0.29, 0.717) is 24.5 Å². The third-order valence-corrected chi connectivity index (χ3v) is 5.95. The molecule has 0 radical (unpaired) electrons. The number of carbonyl (C=O) groups is 1. The number of carbonyl (C=O) groups excluding carboxylic acids is 1. The van der Waals surface area contributed by atoms with Crippen LogP contribution in [0.15, 0.2) is 24.3 Å². The van der Waals surface area contributed by atoms with Gasteiger partial charge >= 0.3 is 0 Å². The number of hydrogen-bond donors (Lipinski definition) is 1. The minimum absolute atomic E-state index is 0.0495. The van der Waals surface area contributed by atoms with Crippen LogP contribution in [0.2, 0.25) is 0 Å². The molecule has 8 heteroatoms. The summed E-state index contributed by atoms with van der Waals surface area (Å²) in [5.74, 6) is 0.135. The van der Waals surface area contributed by atoms with Gasteiger partial charge in [-0.3, -0.25) is 4.79 Å². The van der Waals surface area contributed by atoms with Crippen LogP contribution in [0.5, 0.6) is 5.75 Å². The number of benzene rings is 1. The maximum absolute atomic E-state index is 12.4. The average Bonchev–Trinajstić information content (AvgIpc) is 2.93. The Morgan fingerprint density at radius 2 is 1.92 bits per heavy atom. The largest absolute Gasteiger partial charge is 0.491 e. The Hall–Kier alpha value is -1.64. The van der Waals surface area contributed by atoms with Gasteiger partial charge in [-0.15, -0.1) is 0 Å². The molecule has 0 spiro atoms. The van der Waals surface area contributed by atoms with Crippen LogP contribution < -0.4 is 10.1 Å². The second kappa shape index (κ2) is 8.16. The smallest absolute Gasteiger partial charge is 0.251 e. The van der Waals surface area contributed by atoms with Gasteiger partial charge in [0.25, 0.3) is 5.91 Å². The number of nitrogens with zero attached hydrogens (tertiary/aromatic N) is 1. The fraction of sp³-hybridized carbons (Fsp3) is 0.588. The Labute approximate surface area is 149 Å². The first-order valence-corrected chi connectivity index (χ1v) is 9.85. The quantitative estimate of drug-likeness (QED) is 0.777. The number of nitrogens with one attached hydrogen (secondary N) is 1. The van der Waals surface area contributed by atoms with Crippen molar-refractivity contribution >= 4 is 15.9 Å². The molecule has 0 unspecified atom stereocenters. The lowest BCUT2D eigenvalue weighted by atomic mass is 10.1. The zero-order chi connectivity index (χ0) is 18.6.